The molecule has 130 valence electrons. The van der Waals surface area contributed by atoms with Crippen LogP contribution in [-0.2, 0) is 16.1 Å². The molecule has 1 aliphatic carbocycles. The molecule has 1 aromatic rings. The molecule has 1 fully saturated rings. The van der Waals surface area contributed by atoms with Crippen molar-refractivity contribution in [3.8, 4) is 11.5 Å². The fraction of sp³-hybridized carbons (Fsp3) is 0.526. The molecule has 1 heterocycles. The van der Waals surface area contributed by atoms with E-state index in [-0.39, 0.29) is 5.91 Å². The Morgan fingerprint density at radius 3 is 2.79 bits per heavy atom. The highest BCUT2D eigenvalue weighted by molar-refractivity contribution is 5.93. The maximum Gasteiger partial charge on any atom is 0.250 e. The molecule has 0 radical (unpaired) electrons. The van der Waals surface area contributed by atoms with Crippen molar-refractivity contribution >= 4 is 5.91 Å². The zero-order valence-corrected chi connectivity index (χ0v) is 14.2. The van der Waals surface area contributed by atoms with E-state index >= 15 is 0 Å². The van der Waals surface area contributed by atoms with Gasteiger partial charge in [-0.3, -0.25) is 4.79 Å². The van der Waals surface area contributed by atoms with Crippen LogP contribution in [0.25, 0.3) is 0 Å². The van der Waals surface area contributed by atoms with Crippen molar-refractivity contribution < 1.29 is 19.0 Å². The monoisotopic (exact) mass is 331 g/mol. The van der Waals surface area contributed by atoms with Gasteiger partial charge in [0, 0.05) is 6.54 Å². The summed E-state index contributed by atoms with van der Waals surface area (Å²) < 4.78 is 16.7. The molecule has 5 nitrogen and oxygen atoms in total. The van der Waals surface area contributed by atoms with Crippen LogP contribution in [0.3, 0.4) is 0 Å². The number of nitrogens with one attached hydrogen (secondary N) is 1. The lowest BCUT2D eigenvalue weighted by molar-refractivity contribution is -0.118. The Labute approximate surface area is 143 Å². The molecule has 0 bridgehead atoms. The van der Waals surface area contributed by atoms with E-state index in [4.69, 9.17) is 14.2 Å². The number of ether oxygens (including phenoxy) is 3. The van der Waals surface area contributed by atoms with Crippen molar-refractivity contribution in [2.45, 2.75) is 51.2 Å². The van der Waals surface area contributed by atoms with Gasteiger partial charge in [-0.15, -0.1) is 0 Å². The Kier molecular flexibility index (Phi) is 5.62. The molecular formula is C19H25NO4. The van der Waals surface area contributed by atoms with Gasteiger partial charge in [-0.2, -0.15) is 0 Å². The molecule has 2 aliphatic rings. The zero-order chi connectivity index (χ0) is 16.8. The maximum absolute atomic E-state index is 12.1. The van der Waals surface area contributed by atoms with E-state index in [1.807, 2.05) is 18.2 Å². The van der Waals surface area contributed by atoms with Crippen LogP contribution < -0.4 is 14.8 Å². The van der Waals surface area contributed by atoms with Crippen LogP contribution in [0.1, 0.15) is 44.1 Å². The van der Waals surface area contributed by atoms with Crippen LogP contribution in [-0.4, -0.2) is 25.7 Å². The molecule has 1 aliphatic heterocycles. The second-order valence-electron chi connectivity index (χ2n) is 6.31. The van der Waals surface area contributed by atoms with Crippen LogP contribution in [0.4, 0.5) is 0 Å². The van der Waals surface area contributed by atoms with Gasteiger partial charge >= 0.3 is 0 Å². The third-order valence-corrected chi connectivity index (χ3v) is 4.50. The van der Waals surface area contributed by atoms with Crippen molar-refractivity contribution in [3.63, 3.8) is 0 Å². The molecule has 3 rings (SSSR count). The van der Waals surface area contributed by atoms with Crippen LogP contribution in [0.5, 0.6) is 11.5 Å². The lowest BCUT2D eigenvalue weighted by atomic mass is 10.1. The Balaban J connectivity index is 1.59. The quantitative estimate of drug-likeness (QED) is 0.869. The second kappa shape index (κ2) is 8.08. The summed E-state index contributed by atoms with van der Waals surface area (Å²) >= 11 is 0. The average molecular weight is 331 g/mol. The number of carbonyl (C=O) groups excluding carboxylic acids is 1. The van der Waals surface area contributed by atoms with E-state index in [1.54, 1.807) is 13.4 Å². The van der Waals surface area contributed by atoms with Gasteiger partial charge < -0.3 is 19.5 Å². The molecular weight excluding hydrogens is 306 g/mol. The minimum atomic E-state index is -0.0695. The van der Waals surface area contributed by atoms with E-state index in [1.165, 1.54) is 12.8 Å². The topological polar surface area (TPSA) is 56.8 Å². The molecule has 0 aromatic heterocycles. The highest BCUT2D eigenvalue weighted by atomic mass is 16.5. The van der Waals surface area contributed by atoms with E-state index in [9.17, 15) is 4.79 Å². The summed E-state index contributed by atoms with van der Waals surface area (Å²) in [5.74, 6) is 1.43. The second-order valence-corrected chi connectivity index (χ2v) is 6.31. The van der Waals surface area contributed by atoms with E-state index < -0.39 is 0 Å². The van der Waals surface area contributed by atoms with Crippen molar-refractivity contribution in [2.24, 2.45) is 0 Å². The Hall–Kier alpha value is -2.17. The first kappa shape index (κ1) is 16.7. The number of hydrogen-bond donors (Lipinski definition) is 1. The maximum atomic E-state index is 12.1. The number of carbonyl (C=O) groups is 1. The summed E-state index contributed by atoms with van der Waals surface area (Å²) in [6.45, 7) is 1.15. The van der Waals surface area contributed by atoms with Gasteiger partial charge in [0.05, 0.1) is 31.7 Å². The molecule has 0 spiro atoms. The smallest absolute Gasteiger partial charge is 0.250 e. The summed E-state index contributed by atoms with van der Waals surface area (Å²) in [6.07, 6.45) is 8.20. The Bertz CT molecular complexity index is 605. The van der Waals surface area contributed by atoms with Crippen LogP contribution in [0.2, 0.25) is 0 Å². The molecule has 1 saturated carbocycles. The fourth-order valence-corrected chi connectivity index (χ4v) is 3.13. The third-order valence-electron chi connectivity index (χ3n) is 4.50. The zero-order valence-electron chi connectivity index (χ0n) is 14.2. The summed E-state index contributed by atoms with van der Waals surface area (Å²) in [5.41, 5.74) is 1.69. The number of amides is 1. The highest BCUT2D eigenvalue weighted by Gasteiger charge is 2.19. The van der Waals surface area contributed by atoms with Gasteiger partial charge in [0.2, 0.25) is 0 Å². The van der Waals surface area contributed by atoms with Crippen molar-refractivity contribution in [2.75, 3.05) is 13.7 Å². The molecule has 1 amide bonds. The normalized spacial score (nSPS) is 17.8. The predicted octanol–water partition coefficient (Wildman–Crippen LogP) is 3.33. The standard InChI is InChI=1S/C19H25NO4/c1-22-18-11-14(8-9-17(18)24-16-6-2-3-7-16)12-20-19(21)15-5-4-10-23-13-15/h8-9,11,13,16H,2-7,10,12H2,1H3,(H,20,21). The van der Waals surface area contributed by atoms with Gasteiger partial charge in [-0.25, -0.2) is 0 Å². The van der Waals surface area contributed by atoms with Gasteiger partial charge in [-0.1, -0.05) is 6.07 Å². The van der Waals surface area contributed by atoms with Crippen LogP contribution >= 0.6 is 0 Å². The Morgan fingerprint density at radius 2 is 2.08 bits per heavy atom. The molecule has 0 unspecified atom stereocenters. The summed E-state index contributed by atoms with van der Waals surface area (Å²) in [5, 5.41) is 2.93. The van der Waals surface area contributed by atoms with E-state index in [0.717, 1.165) is 37.0 Å². The predicted molar refractivity (Wildman–Crippen MR) is 91.0 cm³/mol. The number of benzene rings is 1. The largest absolute Gasteiger partial charge is 0.501 e. The average Bonchev–Trinajstić information content (AvgIpc) is 3.14. The molecule has 0 saturated heterocycles. The number of hydrogen-bond acceptors (Lipinski definition) is 4. The molecule has 1 N–H and O–H groups in total. The van der Waals surface area contributed by atoms with Crippen molar-refractivity contribution in [3.05, 3.63) is 35.6 Å². The Morgan fingerprint density at radius 1 is 1.25 bits per heavy atom. The highest BCUT2D eigenvalue weighted by Crippen LogP contribution is 2.32. The van der Waals surface area contributed by atoms with Crippen LogP contribution in [0, 0.1) is 0 Å². The third kappa shape index (κ3) is 4.22. The van der Waals surface area contributed by atoms with Gasteiger partial charge in [-0.05, 0) is 56.2 Å². The molecule has 5 heteroatoms. The van der Waals surface area contributed by atoms with Crippen molar-refractivity contribution in [1.29, 1.82) is 0 Å². The first-order valence-corrected chi connectivity index (χ1v) is 8.68. The summed E-state index contributed by atoms with van der Waals surface area (Å²) in [4.78, 5) is 12.1. The fourth-order valence-electron chi connectivity index (χ4n) is 3.13. The van der Waals surface area contributed by atoms with Crippen LogP contribution in [0.15, 0.2) is 30.0 Å². The van der Waals surface area contributed by atoms with Gasteiger partial charge in [0.15, 0.2) is 11.5 Å². The first-order valence-electron chi connectivity index (χ1n) is 8.68. The minimum Gasteiger partial charge on any atom is -0.501 e. The van der Waals surface area contributed by atoms with Crippen molar-refractivity contribution in [1.82, 2.24) is 5.32 Å². The lowest BCUT2D eigenvalue weighted by Gasteiger charge is -2.17. The first-order chi connectivity index (χ1) is 11.8. The van der Waals surface area contributed by atoms with E-state index in [0.29, 0.717) is 30.6 Å². The number of methoxy groups -OCH3 is 1. The molecule has 0 atom stereocenters. The molecule has 1 aromatic carbocycles. The lowest BCUT2D eigenvalue weighted by Crippen LogP contribution is -2.25. The SMILES string of the molecule is COc1cc(CNC(=O)C2=COCCC2)ccc1OC1CCCC1. The van der Waals surface area contributed by atoms with Gasteiger partial charge in [0.25, 0.3) is 5.91 Å². The minimum absolute atomic E-state index is 0.0695. The van der Waals surface area contributed by atoms with Gasteiger partial charge in [0.1, 0.15) is 0 Å². The summed E-state index contributed by atoms with van der Waals surface area (Å²) in [7, 11) is 1.64. The molecule has 24 heavy (non-hydrogen) atoms. The van der Waals surface area contributed by atoms with E-state index in [2.05, 4.69) is 5.32 Å². The summed E-state index contributed by atoms with van der Waals surface area (Å²) in [6, 6.07) is 5.83. The number of rotatable bonds is 6.